The number of nitrogens with one attached hydrogen (secondary N) is 1. The molecule has 3 aliphatic rings. The minimum atomic E-state index is -1.77. The van der Waals surface area contributed by atoms with Crippen molar-refractivity contribution in [1.82, 2.24) is 15.1 Å². The van der Waals surface area contributed by atoms with Crippen LogP contribution in [-0.2, 0) is 37.7 Å². The van der Waals surface area contributed by atoms with E-state index in [1.54, 1.807) is 6.07 Å². The van der Waals surface area contributed by atoms with Crippen molar-refractivity contribution >= 4 is 11.8 Å². The second-order valence-electron chi connectivity index (χ2n) is 14.4. The van der Waals surface area contributed by atoms with E-state index in [9.17, 15) is 34.4 Å². The highest BCUT2D eigenvalue weighted by molar-refractivity contribution is 5.88. The number of carbonyl (C=O) groups excluding carboxylic acids is 2. The number of hydrogen-bond acceptors (Lipinski definition) is 9. The van der Waals surface area contributed by atoms with Crippen molar-refractivity contribution in [3.63, 3.8) is 0 Å². The molecule has 7 atom stereocenters. The molecule has 0 unspecified atom stereocenters. The predicted molar refractivity (Wildman–Crippen MR) is 176 cm³/mol. The van der Waals surface area contributed by atoms with Gasteiger partial charge < -0.3 is 45.0 Å². The minimum Gasteiger partial charge on any atom is -0.387 e. The first-order valence-corrected chi connectivity index (χ1v) is 16.7. The second kappa shape index (κ2) is 14.1. The standard InChI is InChI=1S/C36H50FN3O8/c1-22-9-14-26(36-32(44)30(42)31(43)35(48-36,21-47-36)34(2,3)46)18-25(22)17-24-12-10-23(11-13-24)7-6-8-29(41)40-20-27(37)19-28(40)33(45)38-15-16-39(4)5/h9-14,18,27-28,30-32,42-44,46H,6-8,15-17,19-21H2,1-5H3,(H,38,45)/t27-,28+,30+,31+,32-,35+,36+/m1/s1. The van der Waals surface area contributed by atoms with E-state index < -0.39 is 47.5 Å². The lowest BCUT2D eigenvalue weighted by molar-refractivity contribution is -0.348. The summed E-state index contributed by atoms with van der Waals surface area (Å²) in [5.74, 6) is -2.29. The number of aliphatic hydroxyl groups is 4. The molecule has 264 valence electrons. The van der Waals surface area contributed by atoms with Crippen molar-refractivity contribution < 1.29 is 43.9 Å². The van der Waals surface area contributed by atoms with Gasteiger partial charge in [0.15, 0.2) is 5.60 Å². The lowest BCUT2D eigenvalue weighted by atomic mass is 9.75. The largest absolute Gasteiger partial charge is 0.387 e. The van der Waals surface area contributed by atoms with Crippen LogP contribution in [0, 0.1) is 6.92 Å². The predicted octanol–water partition coefficient (Wildman–Crippen LogP) is 1.33. The van der Waals surface area contributed by atoms with Crippen LogP contribution in [0.3, 0.4) is 0 Å². The highest BCUT2D eigenvalue weighted by atomic mass is 19.1. The van der Waals surface area contributed by atoms with E-state index in [2.05, 4.69) is 5.32 Å². The van der Waals surface area contributed by atoms with Gasteiger partial charge in [-0.05, 0) is 82.4 Å². The molecule has 3 aliphatic heterocycles. The Labute approximate surface area is 281 Å². The molecule has 48 heavy (non-hydrogen) atoms. The first kappa shape index (κ1) is 36.3. The number of hydrogen-bond donors (Lipinski definition) is 5. The molecule has 5 rings (SSSR count). The number of ether oxygens (including phenoxy) is 2. The van der Waals surface area contributed by atoms with Gasteiger partial charge in [0.2, 0.25) is 17.6 Å². The summed E-state index contributed by atoms with van der Waals surface area (Å²) in [5, 5.41) is 46.3. The normalized spacial score (nSPS) is 30.2. The average molecular weight is 672 g/mol. The molecule has 3 fully saturated rings. The Bertz CT molecular complexity index is 1470. The number of likely N-dealkylation sites (N-methyl/N-ethyl adjacent to an activating group) is 1. The molecule has 12 heteroatoms. The summed E-state index contributed by atoms with van der Waals surface area (Å²) in [6, 6.07) is 12.8. The lowest BCUT2D eigenvalue weighted by Gasteiger charge is -2.50. The highest BCUT2D eigenvalue weighted by Crippen LogP contribution is 2.53. The molecule has 0 saturated carbocycles. The molecule has 5 N–H and O–H groups in total. The number of fused-ring (bicyclic) bond motifs is 2. The van der Waals surface area contributed by atoms with E-state index in [1.165, 1.54) is 18.7 Å². The first-order chi connectivity index (χ1) is 22.6. The van der Waals surface area contributed by atoms with Crippen LogP contribution in [0.1, 0.15) is 60.9 Å². The Morgan fingerprint density at radius 2 is 1.77 bits per heavy atom. The van der Waals surface area contributed by atoms with Gasteiger partial charge in [0.1, 0.15) is 30.5 Å². The fourth-order valence-corrected chi connectivity index (χ4v) is 7.02. The van der Waals surface area contributed by atoms with Gasteiger partial charge in [-0.1, -0.05) is 36.4 Å². The molecule has 0 aromatic heterocycles. The number of carbonyl (C=O) groups is 2. The van der Waals surface area contributed by atoms with Crippen LogP contribution in [-0.4, -0.2) is 124 Å². The van der Waals surface area contributed by atoms with E-state index in [0.29, 0.717) is 37.9 Å². The van der Waals surface area contributed by atoms with E-state index in [1.807, 2.05) is 62.3 Å². The van der Waals surface area contributed by atoms with Crippen molar-refractivity contribution in [3.8, 4) is 0 Å². The van der Waals surface area contributed by atoms with Gasteiger partial charge in [0.05, 0.1) is 18.8 Å². The maximum absolute atomic E-state index is 14.2. The maximum Gasteiger partial charge on any atom is 0.242 e. The van der Waals surface area contributed by atoms with Crippen molar-refractivity contribution in [2.75, 3.05) is 40.3 Å². The number of alkyl halides is 1. The third-order valence-electron chi connectivity index (χ3n) is 10.1. The van der Waals surface area contributed by atoms with Gasteiger partial charge in [-0.25, -0.2) is 4.39 Å². The number of likely N-dealkylation sites (tertiary alicyclic amines) is 1. The summed E-state index contributed by atoms with van der Waals surface area (Å²) >= 11 is 0. The summed E-state index contributed by atoms with van der Waals surface area (Å²) in [5.41, 5.74) is 1.28. The SMILES string of the molecule is Cc1ccc([C@]23OC[C@](C(C)(C)O)(O2)[C@@H](O)[C@H](O)[C@H]3O)cc1Cc1ccc(CCCC(=O)N2C[C@H](F)C[C@H]2C(=O)NCCN(C)C)cc1. The molecule has 2 bridgehead atoms. The van der Waals surface area contributed by atoms with E-state index >= 15 is 0 Å². The van der Waals surface area contributed by atoms with Crippen LogP contribution in [0.4, 0.5) is 4.39 Å². The van der Waals surface area contributed by atoms with Crippen LogP contribution in [0.5, 0.6) is 0 Å². The molecule has 2 aromatic carbocycles. The molecule has 2 amide bonds. The number of nitrogens with zero attached hydrogens (tertiary/aromatic N) is 2. The van der Waals surface area contributed by atoms with Crippen molar-refractivity contribution in [2.24, 2.45) is 0 Å². The Morgan fingerprint density at radius 1 is 1.08 bits per heavy atom. The quantitative estimate of drug-likeness (QED) is 0.225. The summed E-state index contributed by atoms with van der Waals surface area (Å²) in [6.07, 6.45) is -3.93. The number of rotatable bonds is 12. The molecular formula is C36H50FN3O8. The zero-order chi connectivity index (χ0) is 35.0. The smallest absolute Gasteiger partial charge is 0.242 e. The number of aryl methyl sites for hydroxylation is 2. The van der Waals surface area contributed by atoms with Gasteiger partial charge in [0, 0.05) is 31.5 Å². The monoisotopic (exact) mass is 671 g/mol. The molecule has 0 aliphatic carbocycles. The lowest BCUT2D eigenvalue weighted by Crippen LogP contribution is -2.70. The van der Waals surface area contributed by atoms with Crippen LogP contribution >= 0.6 is 0 Å². The fourth-order valence-electron chi connectivity index (χ4n) is 7.02. The number of aliphatic hydroxyl groups excluding tert-OH is 3. The van der Waals surface area contributed by atoms with Gasteiger partial charge in [-0.2, -0.15) is 0 Å². The molecule has 2 aromatic rings. The zero-order valence-electron chi connectivity index (χ0n) is 28.5. The Balaban J connectivity index is 1.20. The van der Waals surface area contributed by atoms with Gasteiger partial charge in [0.25, 0.3) is 0 Å². The highest BCUT2D eigenvalue weighted by Gasteiger charge is 2.71. The van der Waals surface area contributed by atoms with Crippen molar-refractivity contribution in [1.29, 1.82) is 0 Å². The molecule has 0 spiro atoms. The Hall–Kier alpha value is -2.97. The summed E-state index contributed by atoms with van der Waals surface area (Å²) in [6.45, 7) is 5.74. The van der Waals surface area contributed by atoms with E-state index in [4.69, 9.17) is 9.47 Å². The van der Waals surface area contributed by atoms with Crippen molar-refractivity contribution in [2.45, 2.75) is 100 Å². The third kappa shape index (κ3) is 7.02. The molecular weight excluding hydrogens is 621 g/mol. The summed E-state index contributed by atoms with van der Waals surface area (Å²) < 4.78 is 26.4. The third-order valence-corrected chi connectivity index (χ3v) is 10.1. The topological polar surface area (TPSA) is 152 Å². The van der Waals surface area contributed by atoms with Crippen LogP contribution < -0.4 is 5.32 Å². The zero-order valence-corrected chi connectivity index (χ0v) is 28.5. The number of benzene rings is 2. The Morgan fingerprint density at radius 3 is 2.44 bits per heavy atom. The van der Waals surface area contributed by atoms with Crippen LogP contribution in [0.2, 0.25) is 0 Å². The fraction of sp³-hybridized carbons (Fsp3) is 0.611. The molecule has 3 saturated heterocycles. The number of amides is 2. The van der Waals surface area contributed by atoms with Gasteiger partial charge >= 0.3 is 0 Å². The van der Waals surface area contributed by atoms with Crippen LogP contribution in [0.15, 0.2) is 42.5 Å². The van der Waals surface area contributed by atoms with E-state index in [0.717, 1.165) is 22.3 Å². The number of halogens is 1. The first-order valence-electron chi connectivity index (χ1n) is 16.7. The van der Waals surface area contributed by atoms with Gasteiger partial charge in [-0.15, -0.1) is 0 Å². The summed E-state index contributed by atoms with van der Waals surface area (Å²) in [4.78, 5) is 28.9. The second-order valence-corrected chi connectivity index (χ2v) is 14.4. The summed E-state index contributed by atoms with van der Waals surface area (Å²) in [7, 11) is 3.80. The van der Waals surface area contributed by atoms with Crippen LogP contribution in [0.25, 0.3) is 0 Å². The minimum absolute atomic E-state index is 0.0255. The van der Waals surface area contributed by atoms with Gasteiger partial charge in [-0.3, -0.25) is 9.59 Å². The average Bonchev–Trinajstić information content (AvgIpc) is 3.63. The molecule has 11 nitrogen and oxygen atoms in total. The molecule has 3 heterocycles. The maximum atomic E-state index is 14.2. The Kier molecular flexibility index (Phi) is 10.7. The van der Waals surface area contributed by atoms with E-state index in [-0.39, 0.29) is 37.8 Å². The van der Waals surface area contributed by atoms with Crippen molar-refractivity contribution in [3.05, 3.63) is 70.3 Å². The molecule has 0 radical (unpaired) electrons.